The molecule has 0 saturated heterocycles. The third-order valence-corrected chi connectivity index (χ3v) is 3.18. The average molecular weight is 254 g/mol. The van der Waals surface area contributed by atoms with E-state index in [4.69, 9.17) is 0 Å². The Morgan fingerprint density at radius 2 is 1.94 bits per heavy atom. The number of aliphatic hydroxyl groups excluding tert-OH is 1. The second-order valence-electron chi connectivity index (χ2n) is 4.24. The highest BCUT2D eigenvalue weighted by atomic mass is 19.1. The number of hydrogen-bond acceptors (Lipinski definition) is 3. The molecule has 0 fully saturated rings. The van der Waals surface area contributed by atoms with Crippen LogP contribution in [0.3, 0.4) is 0 Å². The zero-order chi connectivity index (χ0) is 13.4. The number of halogens is 1. The fourth-order valence-electron chi connectivity index (χ4n) is 1.97. The third-order valence-electron chi connectivity index (χ3n) is 3.18. The van der Waals surface area contributed by atoms with Gasteiger partial charge >= 0.3 is 0 Å². The Balaban J connectivity index is 2.50. The number of likely N-dealkylation sites (N-methyl/N-ethyl adjacent to an activating group) is 1. The van der Waals surface area contributed by atoms with E-state index in [2.05, 4.69) is 24.1 Å². The molecule has 18 heavy (non-hydrogen) atoms. The fourth-order valence-corrected chi connectivity index (χ4v) is 1.97. The largest absolute Gasteiger partial charge is 0.394 e. The van der Waals surface area contributed by atoms with Crippen LogP contribution < -0.4 is 5.32 Å². The van der Waals surface area contributed by atoms with E-state index in [1.807, 2.05) is 0 Å². The van der Waals surface area contributed by atoms with Gasteiger partial charge in [0, 0.05) is 18.7 Å². The molecule has 1 rings (SSSR count). The maximum atomic E-state index is 13.6. The summed E-state index contributed by atoms with van der Waals surface area (Å²) in [5.41, 5.74) is 0.527. The van der Waals surface area contributed by atoms with Gasteiger partial charge in [-0.3, -0.25) is 0 Å². The third kappa shape index (κ3) is 4.37. The Morgan fingerprint density at radius 1 is 1.28 bits per heavy atom. The van der Waals surface area contributed by atoms with Crippen molar-refractivity contribution in [2.24, 2.45) is 0 Å². The Kier molecular flexibility index (Phi) is 6.86. The van der Waals surface area contributed by atoms with E-state index in [-0.39, 0.29) is 18.5 Å². The molecule has 2 N–H and O–H groups in total. The summed E-state index contributed by atoms with van der Waals surface area (Å²) < 4.78 is 13.6. The second kappa shape index (κ2) is 8.19. The smallest absolute Gasteiger partial charge is 0.128 e. The lowest BCUT2D eigenvalue weighted by Gasteiger charge is -2.21. The molecule has 1 atom stereocenters. The van der Waals surface area contributed by atoms with Gasteiger partial charge < -0.3 is 15.3 Å². The first-order chi connectivity index (χ1) is 8.72. The lowest BCUT2D eigenvalue weighted by atomic mass is 10.1. The van der Waals surface area contributed by atoms with Crippen LogP contribution >= 0.6 is 0 Å². The fraction of sp³-hybridized carbons (Fsp3) is 0.571. The van der Waals surface area contributed by atoms with Gasteiger partial charge in [-0.15, -0.1) is 0 Å². The van der Waals surface area contributed by atoms with Crippen LogP contribution in [0.5, 0.6) is 0 Å². The van der Waals surface area contributed by atoms with Gasteiger partial charge in [-0.1, -0.05) is 32.0 Å². The van der Waals surface area contributed by atoms with Crippen LogP contribution in [0.4, 0.5) is 4.39 Å². The van der Waals surface area contributed by atoms with Crippen molar-refractivity contribution in [2.75, 3.05) is 32.8 Å². The molecule has 102 valence electrons. The van der Waals surface area contributed by atoms with Crippen molar-refractivity contribution in [2.45, 2.75) is 19.9 Å². The molecule has 0 aliphatic carbocycles. The van der Waals surface area contributed by atoms with E-state index >= 15 is 0 Å². The standard InChI is InChI=1S/C14H23FN2O/c1-3-17(4-2)10-9-16-14(11-18)12-7-5-6-8-13(12)15/h5-8,14,16,18H,3-4,9-11H2,1-2H3. The maximum Gasteiger partial charge on any atom is 0.128 e. The predicted molar refractivity (Wildman–Crippen MR) is 72.0 cm³/mol. The molecule has 0 saturated carbocycles. The lowest BCUT2D eigenvalue weighted by molar-refractivity contribution is 0.231. The molecule has 3 nitrogen and oxygen atoms in total. The topological polar surface area (TPSA) is 35.5 Å². The number of nitrogens with one attached hydrogen (secondary N) is 1. The zero-order valence-corrected chi connectivity index (χ0v) is 11.2. The minimum atomic E-state index is -0.332. The average Bonchev–Trinajstić information content (AvgIpc) is 2.40. The van der Waals surface area contributed by atoms with Gasteiger partial charge in [0.15, 0.2) is 0 Å². The SMILES string of the molecule is CCN(CC)CCNC(CO)c1ccccc1F. The monoisotopic (exact) mass is 254 g/mol. The van der Waals surface area contributed by atoms with Gasteiger partial charge in [0.1, 0.15) is 5.82 Å². The van der Waals surface area contributed by atoms with Crippen molar-refractivity contribution in [3.05, 3.63) is 35.6 Å². The summed E-state index contributed by atoms with van der Waals surface area (Å²) in [5.74, 6) is -0.271. The van der Waals surface area contributed by atoms with Crippen LogP contribution in [0.2, 0.25) is 0 Å². The van der Waals surface area contributed by atoms with Crippen molar-refractivity contribution in [1.29, 1.82) is 0 Å². The summed E-state index contributed by atoms with van der Waals surface area (Å²) in [7, 11) is 0. The second-order valence-corrected chi connectivity index (χ2v) is 4.24. The Hall–Kier alpha value is -0.970. The Morgan fingerprint density at radius 3 is 2.50 bits per heavy atom. The number of hydrogen-bond donors (Lipinski definition) is 2. The summed E-state index contributed by atoms with van der Waals surface area (Å²) in [5, 5.41) is 12.5. The van der Waals surface area contributed by atoms with Crippen LogP contribution in [-0.2, 0) is 0 Å². The van der Waals surface area contributed by atoms with E-state index < -0.39 is 0 Å². The zero-order valence-electron chi connectivity index (χ0n) is 11.2. The molecule has 0 bridgehead atoms. The summed E-state index contributed by atoms with van der Waals surface area (Å²) in [6.07, 6.45) is 0. The molecule has 4 heteroatoms. The van der Waals surface area contributed by atoms with Gasteiger partial charge in [-0.05, 0) is 19.2 Å². The molecule has 0 heterocycles. The highest BCUT2D eigenvalue weighted by Crippen LogP contribution is 2.15. The van der Waals surface area contributed by atoms with E-state index in [1.165, 1.54) is 6.07 Å². The van der Waals surface area contributed by atoms with Gasteiger partial charge in [-0.2, -0.15) is 0 Å². The molecule has 0 radical (unpaired) electrons. The van der Waals surface area contributed by atoms with E-state index in [1.54, 1.807) is 18.2 Å². The predicted octanol–water partition coefficient (Wildman–Crippen LogP) is 1.79. The summed E-state index contributed by atoms with van der Waals surface area (Å²) in [6, 6.07) is 6.24. The summed E-state index contributed by atoms with van der Waals surface area (Å²) >= 11 is 0. The highest BCUT2D eigenvalue weighted by Gasteiger charge is 2.13. The van der Waals surface area contributed by atoms with E-state index in [0.29, 0.717) is 5.56 Å². The number of benzene rings is 1. The first-order valence-electron chi connectivity index (χ1n) is 6.53. The van der Waals surface area contributed by atoms with Crippen molar-refractivity contribution < 1.29 is 9.50 Å². The normalized spacial score (nSPS) is 12.9. The van der Waals surface area contributed by atoms with E-state index in [0.717, 1.165) is 26.2 Å². The first-order valence-corrected chi connectivity index (χ1v) is 6.53. The number of aliphatic hydroxyl groups is 1. The molecule has 0 aliphatic rings. The van der Waals surface area contributed by atoms with Crippen LogP contribution in [0, 0.1) is 5.82 Å². The number of rotatable bonds is 8. The quantitative estimate of drug-likeness (QED) is 0.742. The molecule has 0 aromatic heterocycles. The maximum absolute atomic E-state index is 13.6. The minimum Gasteiger partial charge on any atom is -0.394 e. The molecule has 0 spiro atoms. The molecule has 1 aromatic rings. The Bertz CT molecular complexity index is 342. The van der Waals surface area contributed by atoms with Crippen LogP contribution in [0.25, 0.3) is 0 Å². The lowest BCUT2D eigenvalue weighted by Crippen LogP contribution is -2.35. The van der Waals surface area contributed by atoms with Crippen LogP contribution in [0.15, 0.2) is 24.3 Å². The first kappa shape index (κ1) is 15.1. The molecular weight excluding hydrogens is 231 g/mol. The molecule has 0 amide bonds. The van der Waals surface area contributed by atoms with Crippen molar-refractivity contribution in [3.63, 3.8) is 0 Å². The Labute approximate surface area is 109 Å². The van der Waals surface area contributed by atoms with Gasteiger partial charge in [0.25, 0.3) is 0 Å². The van der Waals surface area contributed by atoms with Crippen molar-refractivity contribution in [3.8, 4) is 0 Å². The minimum absolute atomic E-state index is 0.0980. The van der Waals surface area contributed by atoms with Gasteiger partial charge in [-0.25, -0.2) is 4.39 Å². The molecule has 0 aliphatic heterocycles. The van der Waals surface area contributed by atoms with Crippen molar-refractivity contribution >= 4 is 0 Å². The van der Waals surface area contributed by atoms with Gasteiger partial charge in [0.05, 0.1) is 12.6 Å². The highest BCUT2D eigenvalue weighted by molar-refractivity contribution is 5.21. The summed E-state index contributed by atoms with van der Waals surface area (Å²) in [4.78, 5) is 2.28. The van der Waals surface area contributed by atoms with Gasteiger partial charge in [0.2, 0.25) is 0 Å². The van der Waals surface area contributed by atoms with Crippen LogP contribution in [-0.4, -0.2) is 42.8 Å². The molecular formula is C14H23FN2O. The van der Waals surface area contributed by atoms with E-state index in [9.17, 15) is 9.50 Å². The molecule has 1 unspecified atom stereocenters. The number of nitrogens with zero attached hydrogens (tertiary/aromatic N) is 1. The van der Waals surface area contributed by atoms with Crippen LogP contribution in [0.1, 0.15) is 25.5 Å². The summed E-state index contributed by atoms with van der Waals surface area (Å²) in [6.45, 7) is 7.77. The van der Waals surface area contributed by atoms with Crippen molar-refractivity contribution in [1.82, 2.24) is 10.2 Å². The molecule has 1 aromatic carbocycles.